The van der Waals surface area contributed by atoms with Gasteiger partial charge >= 0.3 is 0 Å². The van der Waals surface area contributed by atoms with Crippen LogP contribution in [0.3, 0.4) is 0 Å². The Morgan fingerprint density at radius 1 is 1.29 bits per heavy atom. The number of para-hydroxylation sites is 1. The molecule has 4 rings (SSSR count). The highest BCUT2D eigenvalue weighted by Gasteiger charge is 2.46. The fraction of sp³-hybridized carbons (Fsp3) is 0.609. The van der Waals surface area contributed by atoms with E-state index in [1.54, 1.807) is 0 Å². The summed E-state index contributed by atoms with van der Waals surface area (Å²) < 4.78 is 9.10. The highest BCUT2D eigenvalue weighted by Crippen LogP contribution is 2.46. The first-order valence-electron chi connectivity index (χ1n) is 10.9. The summed E-state index contributed by atoms with van der Waals surface area (Å²) in [7, 11) is 0. The Morgan fingerprint density at radius 3 is 2.75 bits per heavy atom. The molecule has 2 aliphatic rings. The number of nitrogens with zero attached hydrogens (tertiary/aromatic N) is 1. The van der Waals surface area contributed by atoms with Gasteiger partial charge in [0.15, 0.2) is 0 Å². The standard InChI is InChI=1S/C23H33N3O2/c1-3-4-7-16-12-15-26-19-9-6-5-8-18(19)20(21(24)27)22(26)28-23(16,2)17-10-13-25-14-11-17/h5-6,8-9,16-17,25H,3-4,7,10-15H2,1-2H3,(H2,24,27). The van der Waals surface area contributed by atoms with Gasteiger partial charge in [0.05, 0.1) is 5.52 Å². The molecule has 0 aliphatic carbocycles. The summed E-state index contributed by atoms with van der Waals surface area (Å²) in [6.07, 6.45) is 6.89. The lowest BCUT2D eigenvalue weighted by molar-refractivity contribution is -0.0431. The van der Waals surface area contributed by atoms with E-state index in [2.05, 4.69) is 29.8 Å². The first kappa shape index (κ1) is 19.3. The second kappa shape index (κ2) is 7.78. The largest absolute Gasteiger partial charge is 0.471 e. The van der Waals surface area contributed by atoms with Crippen LogP contribution >= 0.6 is 0 Å². The number of benzene rings is 1. The zero-order valence-corrected chi connectivity index (χ0v) is 17.2. The molecule has 2 aromatic rings. The molecule has 0 bridgehead atoms. The molecule has 152 valence electrons. The predicted octanol–water partition coefficient (Wildman–Crippen LogP) is 4.09. The summed E-state index contributed by atoms with van der Waals surface area (Å²) >= 11 is 0. The molecule has 2 aliphatic heterocycles. The quantitative estimate of drug-likeness (QED) is 0.817. The number of rotatable bonds is 5. The minimum absolute atomic E-state index is 0.274. The van der Waals surface area contributed by atoms with Crippen LogP contribution in [0.15, 0.2) is 24.3 Å². The van der Waals surface area contributed by atoms with Gasteiger partial charge in [-0.2, -0.15) is 0 Å². The van der Waals surface area contributed by atoms with Gasteiger partial charge in [0.1, 0.15) is 11.2 Å². The number of hydrogen-bond acceptors (Lipinski definition) is 3. The average molecular weight is 384 g/mol. The topological polar surface area (TPSA) is 69.3 Å². The number of nitrogens with one attached hydrogen (secondary N) is 1. The lowest BCUT2D eigenvalue weighted by atomic mass is 9.71. The normalized spacial score (nSPS) is 25.9. The van der Waals surface area contributed by atoms with Crippen molar-refractivity contribution in [1.82, 2.24) is 9.88 Å². The van der Waals surface area contributed by atoms with Crippen LogP contribution < -0.4 is 15.8 Å². The van der Waals surface area contributed by atoms with Crippen molar-refractivity contribution >= 4 is 16.8 Å². The van der Waals surface area contributed by atoms with Crippen LogP contribution in [0.5, 0.6) is 5.88 Å². The number of piperidine rings is 1. The third-order valence-corrected chi connectivity index (χ3v) is 7.05. The van der Waals surface area contributed by atoms with Gasteiger partial charge in [-0.15, -0.1) is 0 Å². The molecular formula is C23H33N3O2. The Labute approximate surface area is 167 Å². The summed E-state index contributed by atoms with van der Waals surface area (Å²) in [6, 6.07) is 8.04. The van der Waals surface area contributed by atoms with Crippen molar-refractivity contribution in [2.24, 2.45) is 17.6 Å². The van der Waals surface area contributed by atoms with E-state index in [4.69, 9.17) is 10.5 Å². The number of primary amides is 1. The summed E-state index contributed by atoms with van der Waals surface area (Å²) in [5.74, 6) is 1.26. The summed E-state index contributed by atoms with van der Waals surface area (Å²) in [5.41, 5.74) is 7.16. The Kier molecular flexibility index (Phi) is 5.37. The van der Waals surface area contributed by atoms with Crippen LogP contribution in [0, 0.1) is 11.8 Å². The number of aromatic nitrogens is 1. The molecule has 5 heteroatoms. The smallest absolute Gasteiger partial charge is 0.254 e. The van der Waals surface area contributed by atoms with Crippen LogP contribution in [-0.4, -0.2) is 29.2 Å². The maximum Gasteiger partial charge on any atom is 0.254 e. The van der Waals surface area contributed by atoms with E-state index in [0.717, 1.165) is 49.8 Å². The van der Waals surface area contributed by atoms with Crippen molar-refractivity contribution in [3.05, 3.63) is 29.8 Å². The van der Waals surface area contributed by atoms with E-state index in [9.17, 15) is 4.79 Å². The van der Waals surface area contributed by atoms with Crippen LogP contribution in [0.1, 0.15) is 62.7 Å². The van der Waals surface area contributed by atoms with Gasteiger partial charge in [-0.3, -0.25) is 4.79 Å². The first-order chi connectivity index (χ1) is 13.6. The van der Waals surface area contributed by atoms with Crippen LogP contribution in [0.2, 0.25) is 0 Å². The van der Waals surface area contributed by atoms with E-state index in [1.165, 1.54) is 19.3 Å². The van der Waals surface area contributed by atoms with Crippen molar-refractivity contribution in [2.45, 2.75) is 64.5 Å². The number of nitrogens with two attached hydrogens (primary N) is 1. The number of fused-ring (bicyclic) bond motifs is 3. The number of aryl methyl sites for hydroxylation is 1. The molecule has 2 atom stereocenters. The fourth-order valence-electron chi connectivity index (χ4n) is 5.40. The molecule has 1 aromatic carbocycles. The van der Waals surface area contributed by atoms with Gasteiger partial charge in [-0.25, -0.2) is 0 Å². The highest BCUT2D eigenvalue weighted by atomic mass is 16.5. The van der Waals surface area contributed by atoms with Crippen molar-refractivity contribution in [3.63, 3.8) is 0 Å². The number of amides is 1. The number of carbonyl (C=O) groups is 1. The first-order valence-corrected chi connectivity index (χ1v) is 10.9. The van der Waals surface area contributed by atoms with Gasteiger partial charge in [0, 0.05) is 23.8 Å². The number of unbranched alkanes of at least 4 members (excludes halogenated alkanes) is 1. The van der Waals surface area contributed by atoms with Crippen LogP contribution in [0.25, 0.3) is 10.9 Å². The SMILES string of the molecule is CCCCC1CCn2c(c(C(N)=O)c3ccccc32)OC1(C)C1CCNCC1. The summed E-state index contributed by atoms with van der Waals surface area (Å²) in [4.78, 5) is 12.4. The summed E-state index contributed by atoms with van der Waals surface area (Å²) in [6.45, 7) is 7.49. The lowest BCUT2D eigenvalue weighted by Crippen LogP contribution is -2.51. The third-order valence-electron chi connectivity index (χ3n) is 7.05. The van der Waals surface area contributed by atoms with Crippen LogP contribution in [0.4, 0.5) is 0 Å². The molecule has 0 spiro atoms. The summed E-state index contributed by atoms with van der Waals surface area (Å²) in [5, 5.41) is 4.39. The van der Waals surface area contributed by atoms with Crippen molar-refractivity contribution in [3.8, 4) is 5.88 Å². The molecule has 1 amide bonds. The van der Waals surface area contributed by atoms with Crippen LogP contribution in [-0.2, 0) is 6.54 Å². The highest BCUT2D eigenvalue weighted by molar-refractivity contribution is 6.09. The number of ether oxygens (including phenoxy) is 1. The molecule has 0 radical (unpaired) electrons. The molecule has 3 heterocycles. The van der Waals surface area contributed by atoms with E-state index >= 15 is 0 Å². The molecule has 5 nitrogen and oxygen atoms in total. The zero-order chi connectivity index (χ0) is 19.7. The maximum absolute atomic E-state index is 12.4. The molecule has 1 aromatic heterocycles. The predicted molar refractivity (Wildman–Crippen MR) is 113 cm³/mol. The molecule has 28 heavy (non-hydrogen) atoms. The number of carbonyl (C=O) groups excluding carboxylic acids is 1. The van der Waals surface area contributed by atoms with Gasteiger partial charge in [-0.05, 0) is 51.8 Å². The van der Waals surface area contributed by atoms with E-state index in [0.29, 0.717) is 23.3 Å². The van der Waals surface area contributed by atoms with E-state index in [1.807, 2.05) is 18.2 Å². The Bertz CT molecular complexity index is 853. The maximum atomic E-state index is 12.4. The average Bonchev–Trinajstić information content (AvgIpc) is 2.93. The second-order valence-electron chi connectivity index (χ2n) is 8.65. The minimum Gasteiger partial charge on any atom is -0.471 e. The van der Waals surface area contributed by atoms with Crippen molar-refractivity contribution in [2.75, 3.05) is 13.1 Å². The third kappa shape index (κ3) is 3.20. The van der Waals surface area contributed by atoms with E-state index < -0.39 is 5.91 Å². The van der Waals surface area contributed by atoms with E-state index in [-0.39, 0.29) is 5.60 Å². The Morgan fingerprint density at radius 2 is 2.04 bits per heavy atom. The van der Waals surface area contributed by atoms with Gasteiger partial charge in [0.25, 0.3) is 5.91 Å². The monoisotopic (exact) mass is 383 g/mol. The fourth-order valence-corrected chi connectivity index (χ4v) is 5.40. The number of hydrogen-bond donors (Lipinski definition) is 2. The molecule has 1 fully saturated rings. The Hall–Kier alpha value is -2.01. The second-order valence-corrected chi connectivity index (χ2v) is 8.65. The van der Waals surface area contributed by atoms with Gasteiger partial charge < -0.3 is 20.4 Å². The Balaban J connectivity index is 1.82. The minimum atomic E-state index is -0.399. The van der Waals surface area contributed by atoms with Crippen molar-refractivity contribution < 1.29 is 9.53 Å². The molecule has 0 saturated carbocycles. The molecule has 2 unspecified atom stereocenters. The molecule has 1 saturated heterocycles. The lowest BCUT2D eigenvalue weighted by Gasteiger charge is -2.44. The van der Waals surface area contributed by atoms with Crippen molar-refractivity contribution in [1.29, 1.82) is 0 Å². The van der Waals surface area contributed by atoms with Gasteiger partial charge in [0.2, 0.25) is 5.88 Å². The molecular weight excluding hydrogens is 350 g/mol. The van der Waals surface area contributed by atoms with Gasteiger partial charge in [-0.1, -0.05) is 38.0 Å². The zero-order valence-electron chi connectivity index (χ0n) is 17.2. The molecule has 3 N–H and O–H groups in total.